The van der Waals surface area contributed by atoms with Gasteiger partial charge < -0.3 is 4.74 Å². The lowest BCUT2D eigenvalue weighted by molar-refractivity contribution is -0.114. The van der Waals surface area contributed by atoms with Gasteiger partial charge in [0.2, 0.25) is 0 Å². The van der Waals surface area contributed by atoms with Gasteiger partial charge >= 0.3 is 0 Å². The SMILES string of the molecule is COc1ccc(C=C2C(=O)N(c3ccc(Br)cc3)N=C2C)cc1. The van der Waals surface area contributed by atoms with Gasteiger partial charge in [0.1, 0.15) is 5.75 Å². The lowest BCUT2D eigenvalue weighted by Crippen LogP contribution is -2.21. The van der Waals surface area contributed by atoms with Crippen LogP contribution in [0.1, 0.15) is 12.5 Å². The van der Waals surface area contributed by atoms with Crippen LogP contribution >= 0.6 is 15.9 Å². The number of carbonyl (C=O) groups excluding carboxylic acids is 1. The Bertz CT molecular complexity index is 793. The van der Waals surface area contributed by atoms with Gasteiger partial charge in [0, 0.05) is 4.47 Å². The number of anilines is 1. The molecule has 0 spiro atoms. The highest BCUT2D eigenvalue weighted by Crippen LogP contribution is 2.26. The zero-order chi connectivity index (χ0) is 16.4. The van der Waals surface area contributed by atoms with Gasteiger partial charge in [-0.05, 0) is 55.0 Å². The highest BCUT2D eigenvalue weighted by molar-refractivity contribution is 9.10. The summed E-state index contributed by atoms with van der Waals surface area (Å²) in [5.74, 6) is 0.660. The molecule has 0 radical (unpaired) electrons. The number of methoxy groups -OCH3 is 1. The number of amides is 1. The molecule has 0 unspecified atom stereocenters. The third-order valence-electron chi connectivity index (χ3n) is 3.56. The lowest BCUT2D eigenvalue weighted by Gasteiger charge is -2.11. The molecule has 0 aromatic heterocycles. The van der Waals surface area contributed by atoms with E-state index >= 15 is 0 Å². The minimum Gasteiger partial charge on any atom is -0.497 e. The van der Waals surface area contributed by atoms with E-state index in [1.54, 1.807) is 7.11 Å². The maximum Gasteiger partial charge on any atom is 0.280 e. The van der Waals surface area contributed by atoms with Crippen molar-refractivity contribution < 1.29 is 9.53 Å². The fourth-order valence-corrected chi connectivity index (χ4v) is 2.57. The molecule has 1 amide bonds. The van der Waals surface area contributed by atoms with E-state index in [9.17, 15) is 4.79 Å². The van der Waals surface area contributed by atoms with Crippen molar-refractivity contribution in [3.63, 3.8) is 0 Å². The van der Waals surface area contributed by atoms with E-state index in [4.69, 9.17) is 4.74 Å². The van der Waals surface area contributed by atoms with Crippen LogP contribution in [0.3, 0.4) is 0 Å². The molecule has 1 aliphatic rings. The summed E-state index contributed by atoms with van der Waals surface area (Å²) in [6, 6.07) is 15.0. The molecule has 1 heterocycles. The van der Waals surface area contributed by atoms with Gasteiger partial charge in [-0.15, -0.1) is 0 Å². The van der Waals surface area contributed by atoms with Crippen LogP contribution in [0.25, 0.3) is 6.08 Å². The number of benzene rings is 2. The third kappa shape index (κ3) is 3.19. The molecule has 0 atom stereocenters. The van der Waals surface area contributed by atoms with Gasteiger partial charge in [0.15, 0.2) is 0 Å². The largest absolute Gasteiger partial charge is 0.497 e. The van der Waals surface area contributed by atoms with Crippen LogP contribution in [-0.2, 0) is 4.79 Å². The molecular formula is C18H15BrN2O2. The average Bonchev–Trinajstić information content (AvgIpc) is 2.84. The summed E-state index contributed by atoms with van der Waals surface area (Å²) in [7, 11) is 1.63. The summed E-state index contributed by atoms with van der Waals surface area (Å²) in [5, 5.41) is 5.80. The van der Waals surface area contributed by atoms with Crippen molar-refractivity contribution in [3.05, 3.63) is 64.1 Å². The van der Waals surface area contributed by atoms with E-state index in [0.717, 1.165) is 21.5 Å². The molecule has 0 N–H and O–H groups in total. The first-order valence-corrected chi connectivity index (χ1v) is 7.89. The Morgan fingerprint density at radius 3 is 2.35 bits per heavy atom. The Morgan fingerprint density at radius 1 is 1.09 bits per heavy atom. The summed E-state index contributed by atoms with van der Waals surface area (Å²) in [6.07, 6.45) is 1.85. The van der Waals surface area contributed by atoms with Crippen LogP contribution in [0.5, 0.6) is 5.75 Å². The number of ether oxygens (including phenoxy) is 1. The Balaban J connectivity index is 1.89. The zero-order valence-corrected chi connectivity index (χ0v) is 14.4. The number of carbonyl (C=O) groups is 1. The monoisotopic (exact) mass is 370 g/mol. The first kappa shape index (κ1) is 15.5. The van der Waals surface area contributed by atoms with Crippen LogP contribution < -0.4 is 9.75 Å². The Labute approximate surface area is 143 Å². The predicted octanol–water partition coefficient (Wildman–Crippen LogP) is 4.26. The van der Waals surface area contributed by atoms with Gasteiger partial charge in [-0.1, -0.05) is 28.1 Å². The van der Waals surface area contributed by atoms with Crippen molar-refractivity contribution in [2.75, 3.05) is 12.1 Å². The van der Waals surface area contributed by atoms with E-state index in [1.807, 2.05) is 61.5 Å². The summed E-state index contributed by atoms with van der Waals surface area (Å²) in [5.41, 5.74) is 2.98. The molecule has 23 heavy (non-hydrogen) atoms. The second-order valence-corrected chi connectivity index (χ2v) is 6.03. The Kier molecular flexibility index (Phi) is 4.30. The standard InChI is InChI=1S/C18H15BrN2O2/c1-12-17(11-13-3-9-16(23-2)10-4-13)18(22)21(20-12)15-7-5-14(19)6-8-15/h3-11H,1-2H3. The predicted molar refractivity (Wildman–Crippen MR) is 95.7 cm³/mol. The molecule has 0 saturated carbocycles. The number of hydrazone groups is 1. The second-order valence-electron chi connectivity index (χ2n) is 5.11. The molecule has 2 aromatic carbocycles. The fraction of sp³-hybridized carbons (Fsp3) is 0.111. The second kappa shape index (κ2) is 6.38. The number of nitrogens with zero attached hydrogens (tertiary/aromatic N) is 2. The minimum absolute atomic E-state index is 0.124. The quantitative estimate of drug-likeness (QED) is 0.757. The molecule has 116 valence electrons. The van der Waals surface area contributed by atoms with Crippen molar-refractivity contribution in [2.45, 2.75) is 6.92 Å². The Morgan fingerprint density at radius 2 is 1.74 bits per heavy atom. The summed E-state index contributed by atoms with van der Waals surface area (Å²) in [4.78, 5) is 12.6. The van der Waals surface area contributed by atoms with Crippen molar-refractivity contribution in [1.82, 2.24) is 0 Å². The number of hydrogen-bond donors (Lipinski definition) is 0. The minimum atomic E-state index is -0.124. The lowest BCUT2D eigenvalue weighted by atomic mass is 10.1. The van der Waals surface area contributed by atoms with E-state index in [1.165, 1.54) is 5.01 Å². The van der Waals surface area contributed by atoms with Crippen LogP contribution in [0.4, 0.5) is 5.69 Å². The van der Waals surface area contributed by atoms with Crippen LogP contribution in [0.15, 0.2) is 63.7 Å². The van der Waals surface area contributed by atoms with E-state index < -0.39 is 0 Å². The molecule has 4 nitrogen and oxygen atoms in total. The fourth-order valence-electron chi connectivity index (χ4n) is 2.31. The maximum atomic E-state index is 12.6. The van der Waals surface area contributed by atoms with E-state index in [2.05, 4.69) is 21.0 Å². The summed E-state index contributed by atoms with van der Waals surface area (Å²) < 4.78 is 6.10. The molecule has 3 rings (SSSR count). The molecule has 1 aliphatic heterocycles. The van der Waals surface area contributed by atoms with Crippen molar-refractivity contribution in [1.29, 1.82) is 0 Å². The van der Waals surface area contributed by atoms with E-state index in [0.29, 0.717) is 11.3 Å². The number of rotatable bonds is 3. The zero-order valence-electron chi connectivity index (χ0n) is 12.8. The summed E-state index contributed by atoms with van der Waals surface area (Å²) >= 11 is 3.39. The Hall–Kier alpha value is -2.40. The highest BCUT2D eigenvalue weighted by Gasteiger charge is 2.28. The van der Waals surface area contributed by atoms with Gasteiger partial charge in [-0.2, -0.15) is 10.1 Å². The van der Waals surface area contributed by atoms with Gasteiger partial charge in [-0.25, -0.2) is 0 Å². The molecular weight excluding hydrogens is 356 g/mol. The molecule has 0 bridgehead atoms. The maximum absolute atomic E-state index is 12.6. The molecule has 0 fully saturated rings. The van der Waals surface area contributed by atoms with Crippen molar-refractivity contribution >= 4 is 39.3 Å². The first-order chi connectivity index (χ1) is 11.1. The smallest absolute Gasteiger partial charge is 0.280 e. The first-order valence-electron chi connectivity index (χ1n) is 7.10. The van der Waals surface area contributed by atoms with Crippen LogP contribution in [-0.4, -0.2) is 18.7 Å². The highest BCUT2D eigenvalue weighted by atomic mass is 79.9. The third-order valence-corrected chi connectivity index (χ3v) is 4.09. The average molecular weight is 371 g/mol. The topological polar surface area (TPSA) is 41.9 Å². The van der Waals surface area contributed by atoms with Crippen molar-refractivity contribution in [3.8, 4) is 5.75 Å². The molecule has 5 heteroatoms. The molecule has 2 aromatic rings. The molecule has 0 saturated heterocycles. The van der Waals surface area contributed by atoms with Gasteiger partial charge in [0.25, 0.3) is 5.91 Å². The van der Waals surface area contributed by atoms with Gasteiger partial charge in [0.05, 0.1) is 24.1 Å². The van der Waals surface area contributed by atoms with Crippen molar-refractivity contribution in [2.24, 2.45) is 5.10 Å². The van der Waals surface area contributed by atoms with Crippen LogP contribution in [0.2, 0.25) is 0 Å². The molecule has 0 aliphatic carbocycles. The number of hydrogen-bond acceptors (Lipinski definition) is 3. The van der Waals surface area contributed by atoms with Gasteiger partial charge in [-0.3, -0.25) is 4.79 Å². The summed E-state index contributed by atoms with van der Waals surface area (Å²) in [6.45, 7) is 1.84. The van der Waals surface area contributed by atoms with Crippen LogP contribution in [0, 0.1) is 0 Å². The van der Waals surface area contributed by atoms with E-state index in [-0.39, 0.29) is 5.91 Å². The normalized spacial score (nSPS) is 16.0. The number of halogens is 1.